The van der Waals surface area contributed by atoms with Crippen LogP contribution in [0.2, 0.25) is 0 Å². The third-order valence-corrected chi connectivity index (χ3v) is 4.55. The van der Waals surface area contributed by atoms with Gasteiger partial charge in [-0.15, -0.1) is 0 Å². The van der Waals surface area contributed by atoms with Crippen molar-refractivity contribution in [3.8, 4) is 0 Å². The molecule has 126 valence electrons. The zero-order valence-corrected chi connectivity index (χ0v) is 15.4. The van der Waals surface area contributed by atoms with Crippen LogP contribution >= 0.6 is 0 Å². The van der Waals surface area contributed by atoms with Crippen LogP contribution in [0, 0.1) is 6.92 Å². The Balaban J connectivity index is 0.000000238. The Morgan fingerprint density at radius 1 is 0.739 bits per heavy atom. The minimum absolute atomic E-state index is 0.164. The lowest BCUT2D eigenvalue weighted by molar-refractivity contribution is 0.597. The summed E-state index contributed by atoms with van der Waals surface area (Å²) in [6.07, 6.45) is 0. The largest absolute Gasteiger partial charge is 0.238 e. The van der Waals surface area contributed by atoms with E-state index in [1.807, 2.05) is 13.8 Å². The summed E-state index contributed by atoms with van der Waals surface area (Å²) < 4.78 is 21.8. The first-order chi connectivity index (χ1) is 10.6. The molecule has 23 heavy (non-hydrogen) atoms. The van der Waals surface area contributed by atoms with E-state index in [1.54, 1.807) is 12.1 Å². The molecule has 0 saturated carbocycles. The summed E-state index contributed by atoms with van der Waals surface area (Å²) in [5.74, 6) is 1.05. The van der Waals surface area contributed by atoms with Gasteiger partial charge in [-0.2, -0.15) is 0 Å². The van der Waals surface area contributed by atoms with Gasteiger partial charge < -0.3 is 0 Å². The van der Waals surface area contributed by atoms with E-state index in [0.29, 0.717) is 11.8 Å². The van der Waals surface area contributed by atoms with Crippen molar-refractivity contribution < 1.29 is 8.42 Å². The molecule has 0 atom stereocenters. The van der Waals surface area contributed by atoms with Gasteiger partial charge >= 0.3 is 0 Å². The standard InChI is InChI=1S/C10H14.C9H13NO2S/c1-8(2)10-6-4-9(3)5-7-10;1-7(2)8-3-5-9(6-4-8)13(10,11)12/h4-8H,1-3H3;3-7H,1-2H3,(H2,10,11,12). The van der Waals surface area contributed by atoms with Gasteiger partial charge in [-0.3, -0.25) is 0 Å². The zero-order chi connectivity index (χ0) is 17.6. The molecule has 3 nitrogen and oxygen atoms in total. The molecule has 2 N–H and O–H groups in total. The molecule has 0 saturated heterocycles. The predicted molar refractivity (Wildman–Crippen MR) is 97.2 cm³/mol. The van der Waals surface area contributed by atoms with E-state index in [-0.39, 0.29) is 4.90 Å². The number of hydrogen-bond donors (Lipinski definition) is 1. The fraction of sp³-hybridized carbons (Fsp3) is 0.368. The molecule has 2 rings (SSSR count). The summed E-state index contributed by atoms with van der Waals surface area (Å²) in [5.41, 5.74) is 3.86. The second-order valence-corrected chi connectivity index (χ2v) is 7.90. The summed E-state index contributed by atoms with van der Waals surface area (Å²) in [4.78, 5) is 0.164. The van der Waals surface area contributed by atoms with Gasteiger partial charge in [-0.25, -0.2) is 13.6 Å². The first kappa shape index (κ1) is 19.4. The van der Waals surface area contributed by atoms with Crippen molar-refractivity contribution in [1.82, 2.24) is 0 Å². The molecule has 0 aliphatic heterocycles. The minimum Gasteiger partial charge on any atom is -0.225 e. The average Bonchev–Trinajstić information content (AvgIpc) is 2.47. The van der Waals surface area contributed by atoms with E-state index in [4.69, 9.17) is 5.14 Å². The van der Waals surface area contributed by atoms with E-state index in [2.05, 4.69) is 45.0 Å². The Hall–Kier alpha value is -1.65. The highest BCUT2D eigenvalue weighted by atomic mass is 32.2. The van der Waals surface area contributed by atoms with Crippen molar-refractivity contribution in [2.75, 3.05) is 0 Å². The van der Waals surface area contributed by atoms with Gasteiger partial charge in [0.05, 0.1) is 4.90 Å². The molecule has 0 aromatic heterocycles. The van der Waals surface area contributed by atoms with Crippen LogP contribution in [0.4, 0.5) is 0 Å². The van der Waals surface area contributed by atoms with Crippen LogP contribution in [0.5, 0.6) is 0 Å². The molecular formula is C19H27NO2S. The topological polar surface area (TPSA) is 60.2 Å². The van der Waals surface area contributed by atoms with E-state index in [9.17, 15) is 8.42 Å². The third kappa shape index (κ3) is 6.55. The highest BCUT2D eigenvalue weighted by Crippen LogP contribution is 2.16. The molecule has 0 spiro atoms. The van der Waals surface area contributed by atoms with Crippen LogP contribution in [0.1, 0.15) is 56.2 Å². The average molecular weight is 333 g/mol. The van der Waals surface area contributed by atoms with E-state index in [1.165, 1.54) is 23.3 Å². The fourth-order valence-corrected chi connectivity index (χ4v) is 2.51. The molecule has 0 aliphatic rings. The third-order valence-electron chi connectivity index (χ3n) is 3.62. The van der Waals surface area contributed by atoms with Crippen molar-refractivity contribution >= 4 is 10.0 Å². The number of primary sulfonamides is 1. The maximum Gasteiger partial charge on any atom is 0.238 e. The van der Waals surface area contributed by atoms with Gasteiger partial charge in [-0.1, -0.05) is 69.7 Å². The number of sulfonamides is 1. The lowest BCUT2D eigenvalue weighted by Crippen LogP contribution is -2.11. The molecule has 0 amide bonds. The Morgan fingerprint density at radius 3 is 1.39 bits per heavy atom. The first-order valence-corrected chi connectivity index (χ1v) is 9.35. The SMILES string of the molecule is CC(C)c1ccc(S(N)(=O)=O)cc1.Cc1ccc(C(C)C)cc1. The number of aryl methyl sites for hydroxylation is 1. The zero-order valence-electron chi connectivity index (χ0n) is 14.6. The molecule has 0 fully saturated rings. The monoisotopic (exact) mass is 333 g/mol. The lowest BCUT2D eigenvalue weighted by Gasteiger charge is -2.05. The van der Waals surface area contributed by atoms with Gasteiger partial charge in [0.2, 0.25) is 10.0 Å². The summed E-state index contributed by atoms with van der Waals surface area (Å²) in [5, 5.41) is 4.96. The summed E-state index contributed by atoms with van der Waals surface area (Å²) in [6, 6.07) is 15.3. The van der Waals surface area contributed by atoms with Crippen molar-refractivity contribution in [1.29, 1.82) is 0 Å². The second kappa shape index (κ2) is 8.27. The summed E-state index contributed by atoms with van der Waals surface area (Å²) in [7, 11) is -3.55. The van der Waals surface area contributed by atoms with Crippen molar-refractivity contribution in [2.24, 2.45) is 5.14 Å². The summed E-state index contributed by atoms with van der Waals surface area (Å²) >= 11 is 0. The lowest BCUT2D eigenvalue weighted by atomic mass is 10.0. The van der Waals surface area contributed by atoms with Crippen LogP contribution in [-0.4, -0.2) is 8.42 Å². The van der Waals surface area contributed by atoms with Gasteiger partial charge in [-0.05, 0) is 42.0 Å². The fourth-order valence-electron chi connectivity index (χ4n) is 1.99. The Morgan fingerprint density at radius 2 is 1.09 bits per heavy atom. The van der Waals surface area contributed by atoms with Gasteiger partial charge in [0.25, 0.3) is 0 Å². The first-order valence-electron chi connectivity index (χ1n) is 7.80. The maximum atomic E-state index is 10.9. The quantitative estimate of drug-likeness (QED) is 0.894. The Bertz CT molecular complexity index is 700. The van der Waals surface area contributed by atoms with Gasteiger partial charge in [0.15, 0.2) is 0 Å². The molecule has 2 aromatic carbocycles. The van der Waals surface area contributed by atoms with Gasteiger partial charge in [0, 0.05) is 0 Å². The predicted octanol–water partition coefficient (Wildman–Crippen LogP) is 4.58. The number of benzene rings is 2. The van der Waals surface area contributed by atoms with Crippen LogP contribution in [0.15, 0.2) is 53.4 Å². The molecule has 0 bridgehead atoms. The second-order valence-electron chi connectivity index (χ2n) is 6.33. The highest BCUT2D eigenvalue weighted by Gasteiger charge is 2.07. The van der Waals surface area contributed by atoms with Crippen LogP contribution < -0.4 is 5.14 Å². The van der Waals surface area contributed by atoms with E-state index < -0.39 is 10.0 Å². The van der Waals surface area contributed by atoms with Crippen molar-refractivity contribution in [2.45, 2.75) is 51.3 Å². The normalized spacial score (nSPS) is 11.3. The van der Waals surface area contributed by atoms with Crippen LogP contribution in [0.25, 0.3) is 0 Å². The van der Waals surface area contributed by atoms with E-state index >= 15 is 0 Å². The van der Waals surface area contributed by atoms with Crippen LogP contribution in [-0.2, 0) is 10.0 Å². The number of nitrogens with two attached hydrogens (primary N) is 1. The smallest absolute Gasteiger partial charge is 0.225 e. The molecule has 0 radical (unpaired) electrons. The molecule has 4 heteroatoms. The van der Waals surface area contributed by atoms with Crippen molar-refractivity contribution in [3.63, 3.8) is 0 Å². The molecular weight excluding hydrogens is 306 g/mol. The van der Waals surface area contributed by atoms with Gasteiger partial charge in [0.1, 0.15) is 0 Å². The van der Waals surface area contributed by atoms with Crippen molar-refractivity contribution in [3.05, 3.63) is 65.2 Å². The number of hydrogen-bond acceptors (Lipinski definition) is 2. The Labute approximate surface area is 140 Å². The molecule has 0 unspecified atom stereocenters. The van der Waals surface area contributed by atoms with Crippen LogP contribution in [0.3, 0.4) is 0 Å². The minimum atomic E-state index is -3.55. The molecule has 0 heterocycles. The summed E-state index contributed by atoms with van der Waals surface area (Å²) in [6.45, 7) is 10.6. The molecule has 2 aromatic rings. The Kier molecular flexibility index (Phi) is 6.98. The van der Waals surface area contributed by atoms with E-state index in [0.717, 1.165) is 5.56 Å². The molecule has 0 aliphatic carbocycles. The highest BCUT2D eigenvalue weighted by molar-refractivity contribution is 7.89. The maximum absolute atomic E-state index is 10.9. The number of rotatable bonds is 3.